The van der Waals surface area contributed by atoms with E-state index >= 15 is 0 Å². The van der Waals surface area contributed by atoms with Gasteiger partial charge in [0.15, 0.2) is 0 Å². The van der Waals surface area contributed by atoms with Crippen molar-refractivity contribution in [2.75, 3.05) is 25.1 Å². The van der Waals surface area contributed by atoms with Crippen molar-refractivity contribution < 1.29 is 14.7 Å². The number of amides is 2. The minimum absolute atomic E-state index is 0.233. The fourth-order valence-corrected chi connectivity index (χ4v) is 2.75. The lowest BCUT2D eigenvalue weighted by Gasteiger charge is -2.32. The van der Waals surface area contributed by atoms with Crippen molar-refractivity contribution >= 4 is 23.8 Å². The fourth-order valence-electron chi connectivity index (χ4n) is 2.28. The van der Waals surface area contributed by atoms with Crippen molar-refractivity contribution in [2.45, 2.75) is 38.6 Å². The van der Waals surface area contributed by atoms with Crippen LogP contribution >= 0.6 is 11.8 Å². The van der Waals surface area contributed by atoms with E-state index in [9.17, 15) is 9.59 Å². The van der Waals surface area contributed by atoms with Crippen LogP contribution in [-0.2, 0) is 4.79 Å². The highest BCUT2D eigenvalue weighted by Gasteiger charge is 2.25. The predicted octanol–water partition coefficient (Wildman–Crippen LogP) is 2.02. The van der Waals surface area contributed by atoms with Gasteiger partial charge in [-0.25, -0.2) is 9.59 Å². The highest BCUT2D eigenvalue weighted by atomic mass is 32.2. The zero-order valence-electron chi connectivity index (χ0n) is 11.7. The lowest BCUT2D eigenvalue weighted by Crippen LogP contribution is -2.50. The molecule has 110 valence electrons. The normalized spacial score (nSPS) is 18.1. The molecule has 1 heterocycles. The van der Waals surface area contributed by atoms with Crippen LogP contribution in [0, 0.1) is 5.92 Å². The average molecular weight is 288 g/mol. The number of nitrogens with one attached hydrogen (secondary N) is 1. The van der Waals surface area contributed by atoms with Gasteiger partial charge in [0.05, 0.1) is 0 Å². The van der Waals surface area contributed by atoms with E-state index in [-0.39, 0.29) is 6.03 Å². The van der Waals surface area contributed by atoms with Crippen molar-refractivity contribution in [1.29, 1.82) is 0 Å². The van der Waals surface area contributed by atoms with Crippen LogP contribution in [0.5, 0.6) is 0 Å². The van der Waals surface area contributed by atoms with Crippen LogP contribution in [0.4, 0.5) is 4.79 Å². The SMILES string of the molecule is CCC1CCN(C(=O)N[C@@H](CCSC)C(=O)O)CC1. The van der Waals surface area contributed by atoms with Crippen molar-refractivity contribution in [1.82, 2.24) is 10.2 Å². The van der Waals surface area contributed by atoms with Gasteiger partial charge in [-0.05, 0) is 37.2 Å². The monoisotopic (exact) mass is 288 g/mol. The van der Waals surface area contributed by atoms with Gasteiger partial charge < -0.3 is 15.3 Å². The molecule has 0 aromatic carbocycles. The van der Waals surface area contributed by atoms with Gasteiger partial charge in [0.2, 0.25) is 0 Å². The molecular weight excluding hydrogens is 264 g/mol. The summed E-state index contributed by atoms with van der Waals surface area (Å²) in [6, 6.07) is -1.01. The Balaban J connectivity index is 2.42. The van der Waals surface area contributed by atoms with Crippen molar-refractivity contribution in [3.63, 3.8) is 0 Å². The Morgan fingerprint density at radius 2 is 2.05 bits per heavy atom. The molecule has 1 saturated heterocycles. The van der Waals surface area contributed by atoms with Crippen LogP contribution in [0.15, 0.2) is 0 Å². The number of likely N-dealkylation sites (tertiary alicyclic amines) is 1. The summed E-state index contributed by atoms with van der Waals surface area (Å²) in [5.41, 5.74) is 0. The number of thioether (sulfide) groups is 1. The molecule has 1 fully saturated rings. The van der Waals surface area contributed by atoms with E-state index in [1.165, 1.54) is 0 Å². The molecule has 0 aromatic rings. The van der Waals surface area contributed by atoms with E-state index in [2.05, 4.69) is 12.2 Å². The highest BCUT2D eigenvalue weighted by molar-refractivity contribution is 7.98. The molecule has 1 rings (SSSR count). The maximum absolute atomic E-state index is 12.0. The summed E-state index contributed by atoms with van der Waals surface area (Å²) in [4.78, 5) is 24.8. The smallest absolute Gasteiger partial charge is 0.326 e. The minimum Gasteiger partial charge on any atom is -0.480 e. The second kappa shape index (κ2) is 8.30. The lowest BCUT2D eigenvalue weighted by atomic mass is 9.95. The fraction of sp³-hybridized carbons (Fsp3) is 0.846. The van der Waals surface area contributed by atoms with Gasteiger partial charge in [0.1, 0.15) is 6.04 Å². The molecule has 1 atom stereocenters. The molecule has 0 aliphatic carbocycles. The molecule has 6 heteroatoms. The standard InChI is InChI=1S/C13H24N2O3S/c1-3-10-4-7-15(8-5-10)13(18)14-11(12(16)17)6-9-19-2/h10-11H,3-9H2,1-2H3,(H,14,18)(H,16,17)/t11-/m0/s1. The molecule has 0 spiro atoms. The first-order valence-electron chi connectivity index (χ1n) is 6.85. The number of carboxylic acid groups (broad SMARTS) is 1. The van der Waals surface area contributed by atoms with Gasteiger partial charge >= 0.3 is 12.0 Å². The van der Waals surface area contributed by atoms with Gasteiger partial charge in [-0.1, -0.05) is 13.3 Å². The van der Waals surface area contributed by atoms with Crippen molar-refractivity contribution in [2.24, 2.45) is 5.92 Å². The zero-order valence-corrected chi connectivity index (χ0v) is 12.5. The molecule has 2 N–H and O–H groups in total. The molecule has 1 aliphatic heterocycles. The summed E-state index contributed by atoms with van der Waals surface area (Å²) in [7, 11) is 0. The Morgan fingerprint density at radius 1 is 1.42 bits per heavy atom. The number of carboxylic acids is 1. The second-order valence-corrected chi connectivity index (χ2v) is 5.95. The average Bonchev–Trinajstić information content (AvgIpc) is 2.43. The van der Waals surface area contributed by atoms with E-state index in [1.54, 1.807) is 16.7 Å². The second-order valence-electron chi connectivity index (χ2n) is 4.96. The summed E-state index contributed by atoms with van der Waals surface area (Å²) in [6.45, 7) is 3.64. The van der Waals surface area contributed by atoms with E-state index < -0.39 is 12.0 Å². The minimum atomic E-state index is -0.953. The summed E-state index contributed by atoms with van der Waals surface area (Å²) in [6.07, 6.45) is 5.59. The summed E-state index contributed by atoms with van der Waals surface area (Å²) in [5, 5.41) is 11.7. The van der Waals surface area contributed by atoms with Gasteiger partial charge in [0, 0.05) is 13.1 Å². The number of hydrogen-bond acceptors (Lipinski definition) is 3. The summed E-state index contributed by atoms with van der Waals surface area (Å²) >= 11 is 1.59. The number of carbonyl (C=O) groups is 2. The number of nitrogens with zero attached hydrogens (tertiary/aromatic N) is 1. The first kappa shape index (κ1) is 16.1. The van der Waals surface area contributed by atoms with E-state index in [0.29, 0.717) is 12.3 Å². The maximum atomic E-state index is 12.0. The topological polar surface area (TPSA) is 69.6 Å². The third kappa shape index (κ3) is 5.30. The Bertz CT molecular complexity index is 304. The van der Waals surface area contributed by atoms with Gasteiger partial charge in [-0.3, -0.25) is 0 Å². The largest absolute Gasteiger partial charge is 0.480 e. The highest BCUT2D eigenvalue weighted by Crippen LogP contribution is 2.19. The molecule has 0 aromatic heterocycles. The third-order valence-electron chi connectivity index (χ3n) is 3.69. The molecule has 5 nitrogen and oxygen atoms in total. The predicted molar refractivity (Wildman–Crippen MR) is 77.5 cm³/mol. The van der Waals surface area contributed by atoms with Crippen LogP contribution in [0.1, 0.15) is 32.6 Å². The molecule has 0 saturated carbocycles. The number of piperidine rings is 1. The lowest BCUT2D eigenvalue weighted by molar-refractivity contribution is -0.139. The molecular formula is C13H24N2O3S. The first-order valence-corrected chi connectivity index (χ1v) is 8.25. The van der Waals surface area contributed by atoms with Crippen LogP contribution in [0.25, 0.3) is 0 Å². The zero-order chi connectivity index (χ0) is 14.3. The molecule has 0 unspecified atom stereocenters. The number of carbonyl (C=O) groups excluding carboxylic acids is 1. The molecule has 0 radical (unpaired) electrons. The van der Waals surface area contributed by atoms with Crippen LogP contribution < -0.4 is 5.32 Å². The van der Waals surface area contributed by atoms with Gasteiger partial charge in [-0.2, -0.15) is 11.8 Å². The van der Waals surface area contributed by atoms with Crippen LogP contribution in [0.2, 0.25) is 0 Å². The first-order chi connectivity index (χ1) is 9.08. The molecule has 1 aliphatic rings. The van der Waals surface area contributed by atoms with Gasteiger partial charge in [-0.15, -0.1) is 0 Å². The number of aliphatic carboxylic acids is 1. The van der Waals surface area contributed by atoms with Crippen molar-refractivity contribution in [3.05, 3.63) is 0 Å². The molecule has 0 bridgehead atoms. The van der Waals surface area contributed by atoms with Crippen molar-refractivity contribution in [3.8, 4) is 0 Å². The molecule has 19 heavy (non-hydrogen) atoms. The van der Waals surface area contributed by atoms with Gasteiger partial charge in [0.25, 0.3) is 0 Å². The summed E-state index contributed by atoms with van der Waals surface area (Å²) < 4.78 is 0. The Labute approximate surface area is 119 Å². The Morgan fingerprint density at radius 3 is 2.53 bits per heavy atom. The molecule has 2 amide bonds. The number of rotatable bonds is 6. The van der Waals surface area contributed by atoms with E-state index in [0.717, 1.165) is 38.1 Å². The van der Waals surface area contributed by atoms with E-state index in [1.807, 2.05) is 6.26 Å². The van der Waals surface area contributed by atoms with Crippen LogP contribution in [0.3, 0.4) is 0 Å². The maximum Gasteiger partial charge on any atom is 0.326 e. The number of hydrogen-bond donors (Lipinski definition) is 2. The quantitative estimate of drug-likeness (QED) is 0.784. The number of urea groups is 1. The Kier molecular flexibility index (Phi) is 7.05. The third-order valence-corrected chi connectivity index (χ3v) is 4.33. The summed E-state index contributed by atoms with van der Waals surface area (Å²) in [5.74, 6) is 0.483. The van der Waals surface area contributed by atoms with E-state index in [4.69, 9.17) is 5.11 Å². The van der Waals surface area contributed by atoms with Crippen LogP contribution in [-0.4, -0.2) is 53.1 Å². The Hall–Kier alpha value is -0.910.